The molecule has 0 saturated heterocycles. The summed E-state index contributed by atoms with van der Waals surface area (Å²) in [6.45, 7) is 0.119. The van der Waals surface area contributed by atoms with Gasteiger partial charge in [0.2, 0.25) is 0 Å². The van der Waals surface area contributed by atoms with Gasteiger partial charge >= 0.3 is 0 Å². The third-order valence-corrected chi connectivity index (χ3v) is 2.78. The predicted molar refractivity (Wildman–Crippen MR) is 67.0 cm³/mol. The first-order valence-electron chi connectivity index (χ1n) is 5.04. The number of anilines is 1. The van der Waals surface area contributed by atoms with Crippen LogP contribution >= 0.6 is 15.9 Å². The Kier molecular flexibility index (Phi) is 3.76. The molecule has 6 heteroatoms. The van der Waals surface area contributed by atoms with E-state index in [-0.39, 0.29) is 16.8 Å². The quantitative estimate of drug-likeness (QED) is 0.945. The van der Waals surface area contributed by atoms with Crippen molar-refractivity contribution in [2.75, 3.05) is 5.73 Å². The summed E-state index contributed by atoms with van der Waals surface area (Å²) in [5.74, 6) is -1.11. The molecule has 0 aliphatic rings. The molecule has 0 unspecified atom stereocenters. The van der Waals surface area contributed by atoms with Gasteiger partial charge in [-0.1, -0.05) is 0 Å². The standard InChI is InChI=1S/C12H9BrF2N2O/c13-9-4-8(14)5-10(15)12(9)18-6-7-1-2-17-11(16)3-7/h1-5H,6H2,(H2,16,17). The second kappa shape index (κ2) is 5.30. The van der Waals surface area contributed by atoms with Crippen molar-refractivity contribution < 1.29 is 13.5 Å². The van der Waals surface area contributed by atoms with E-state index in [0.29, 0.717) is 5.82 Å². The zero-order valence-electron chi connectivity index (χ0n) is 9.16. The summed E-state index contributed by atoms with van der Waals surface area (Å²) in [4.78, 5) is 3.83. The topological polar surface area (TPSA) is 48.1 Å². The molecule has 0 fully saturated rings. The lowest BCUT2D eigenvalue weighted by molar-refractivity contribution is 0.287. The Balaban J connectivity index is 2.16. The van der Waals surface area contributed by atoms with Crippen molar-refractivity contribution in [3.05, 3.63) is 52.1 Å². The van der Waals surface area contributed by atoms with Gasteiger partial charge in [-0.05, 0) is 39.7 Å². The summed E-state index contributed by atoms with van der Waals surface area (Å²) in [7, 11) is 0. The molecule has 0 aliphatic heterocycles. The van der Waals surface area contributed by atoms with Gasteiger partial charge in [0, 0.05) is 12.3 Å². The van der Waals surface area contributed by atoms with Crippen LogP contribution in [0.2, 0.25) is 0 Å². The van der Waals surface area contributed by atoms with Gasteiger partial charge in [-0.25, -0.2) is 13.8 Å². The summed E-state index contributed by atoms with van der Waals surface area (Å²) in [6.07, 6.45) is 1.53. The number of pyridine rings is 1. The van der Waals surface area contributed by atoms with Gasteiger partial charge in [0.15, 0.2) is 11.6 Å². The minimum atomic E-state index is -0.760. The highest BCUT2D eigenvalue weighted by Crippen LogP contribution is 2.29. The molecule has 18 heavy (non-hydrogen) atoms. The third-order valence-electron chi connectivity index (χ3n) is 2.19. The molecule has 2 N–H and O–H groups in total. The zero-order chi connectivity index (χ0) is 13.1. The summed E-state index contributed by atoms with van der Waals surface area (Å²) < 4.78 is 31.9. The minimum Gasteiger partial charge on any atom is -0.485 e. The number of benzene rings is 1. The third kappa shape index (κ3) is 2.95. The molecule has 1 aromatic carbocycles. The number of nitrogens with two attached hydrogens (primary N) is 1. The van der Waals surface area contributed by atoms with Crippen LogP contribution in [0.15, 0.2) is 34.9 Å². The average Bonchev–Trinajstić information content (AvgIpc) is 2.27. The summed E-state index contributed by atoms with van der Waals surface area (Å²) in [6, 6.07) is 5.22. The molecule has 94 valence electrons. The molecule has 0 radical (unpaired) electrons. The molecule has 0 spiro atoms. The van der Waals surface area contributed by atoms with Gasteiger partial charge in [0.05, 0.1) is 4.47 Å². The van der Waals surface area contributed by atoms with Crippen LogP contribution in [-0.2, 0) is 6.61 Å². The molecule has 1 heterocycles. The fraction of sp³-hybridized carbons (Fsp3) is 0.0833. The van der Waals surface area contributed by atoms with E-state index in [2.05, 4.69) is 20.9 Å². The van der Waals surface area contributed by atoms with Crippen molar-refractivity contribution in [1.29, 1.82) is 0 Å². The van der Waals surface area contributed by atoms with Crippen LogP contribution < -0.4 is 10.5 Å². The van der Waals surface area contributed by atoms with Gasteiger partial charge in [0.25, 0.3) is 0 Å². The second-order valence-electron chi connectivity index (χ2n) is 3.58. The Morgan fingerprint density at radius 1 is 1.28 bits per heavy atom. The highest BCUT2D eigenvalue weighted by atomic mass is 79.9. The molecule has 1 aromatic heterocycles. The lowest BCUT2D eigenvalue weighted by Gasteiger charge is -2.09. The van der Waals surface area contributed by atoms with Crippen LogP contribution in [0.3, 0.4) is 0 Å². The van der Waals surface area contributed by atoms with Crippen LogP contribution in [0.4, 0.5) is 14.6 Å². The van der Waals surface area contributed by atoms with Gasteiger partial charge in [-0.2, -0.15) is 0 Å². The fourth-order valence-electron chi connectivity index (χ4n) is 1.41. The van der Waals surface area contributed by atoms with E-state index in [9.17, 15) is 8.78 Å². The number of rotatable bonds is 3. The largest absolute Gasteiger partial charge is 0.485 e. The van der Waals surface area contributed by atoms with Gasteiger partial charge in [-0.3, -0.25) is 0 Å². The van der Waals surface area contributed by atoms with E-state index >= 15 is 0 Å². The first kappa shape index (κ1) is 12.8. The maximum atomic E-state index is 13.5. The van der Waals surface area contributed by atoms with Gasteiger partial charge in [0.1, 0.15) is 18.2 Å². The van der Waals surface area contributed by atoms with E-state index in [4.69, 9.17) is 10.5 Å². The second-order valence-corrected chi connectivity index (χ2v) is 4.43. The van der Waals surface area contributed by atoms with Crippen LogP contribution in [0, 0.1) is 11.6 Å². The Morgan fingerprint density at radius 3 is 2.72 bits per heavy atom. The average molecular weight is 315 g/mol. The van der Waals surface area contributed by atoms with Crippen molar-refractivity contribution in [2.45, 2.75) is 6.61 Å². The first-order chi connectivity index (χ1) is 8.56. The monoisotopic (exact) mass is 314 g/mol. The Bertz CT molecular complexity index is 555. The Hall–Kier alpha value is -1.69. The SMILES string of the molecule is Nc1cc(COc2c(F)cc(F)cc2Br)ccn1. The number of nitrogens with zero attached hydrogens (tertiary/aromatic N) is 1. The van der Waals surface area contributed by atoms with Crippen molar-refractivity contribution in [1.82, 2.24) is 4.98 Å². The van der Waals surface area contributed by atoms with Gasteiger partial charge < -0.3 is 10.5 Å². The van der Waals surface area contributed by atoms with E-state index in [1.54, 1.807) is 12.1 Å². The Labute approximate surface area is 111 Å². The van der Waals surface area contributed by atoms with Gasteiger partial charge in [-0.15, -0.1) is 0 Å². The molecule has 0 aliphatic carbocycles. The molecule has 0 saturated carbocycles. The summed E-state index contributed by atoms with van der Waals surface area (Å²) >= 11 is 3.04. The van der Waals surface area contributed by atoms with Crippen molar-refractivity contribution in [3.8, 4) is 5.75 Å². The lowest BCUT2D eigenvalue weighted by Crippen LogP contribution is -2.00. The zero-order valence-corrected chi connectivity index (χ0v) is 10.7. The normalized spacial score (nSPS) is 10.4. The smallest absolute Gasteiger partial charge is 0.169 e. The van der Waals surface area contributed by atoms with Crippen LogP contribution in [0.5, 0.6) is 5.75 Å². The Morgan fingerprint density at radius 2 is 2.06 bits per heavy atom. The van der Waals surface area contributed by atoms with Crippen molar-refractivity contribution in [2.24, 2.45) is 0 Å². The molecule has 3 nitrogen and oxygen atoms in total. The van der Waals surface area contributed by atoms with Crippen molar-refractivity contribution >= 4 is 21.7 Å². The predicted octanol–water partition coefficient (Wildman–Crippen LogP) is 3.28. The first-order valence-corrected chi connectivity index (χ1v) is 5.83. The maximum absolute atomic E-state index is 13.5. The van der Waals surface area contributed by atoms with Crippen LogP contribution in [0.25, 0.3) is 0 Å². The number of halogens is 3. The molecule has 0 bridgehead atoms. The number of hydrogen-bond donors (Lipinski definition) is 1. The summed E-state index contributed by atoms with van der Waals surface area (Å²) in [5.41, 5.74) is 6.26. The molecular formula is C12H9BrF2N2O. The van der Waals surface area contributed by atoms with Crippen molar-refractivity contribution in [3.63, 3.8) is 0 Å². The minimum absolute atomic E-state index is 0.0354. The van der Waals surface area contributed by atoms with E-state index in [1.807, 2.05) is 0 Å². The number of hydrogen-bond acceptors (Lipinski definition) is 3. The molecule has 0 atom stereocenters. The van der Waals surface area contributed by atoms with E-state index < -0.39 is 11.6 Å². The number of nitrogen functional groups attached to an aromatic ring is 1. The fourth-order valence-corrected chi connectivity index (χ4v) is 1.93. The number of ether oxygens (including phenoxy) is 1. The van der Waals surface area contributed by atoms with E-state index in [0.717, 1.165) is 17.7 Å². The molecule has 0 amide bonds. The molecular weight excluding hydrogens is 306 g/mol. The highest BCUT2D eigenvalue weighted by Gasteiger charge is 2.11. The maximum Gasteiger partial charge on any atom is 0.169 e. The molecule has 2 rings (SSSR count). The summed E-state index contributed by atoms with van der Waals surface area (Å²) in [5, 5.41) is 0. The van der Waals surface area contributed by atoms with E-state index in [1.165, 1.54) is 6.20 Å². The van der Waals surface area contributed by atoms with Crippen LogP contribution in [0.1, 0.15) is 5.56 Å². The highest BCUT2D eigenvalue weighted by molar-refractivity contribution is 9.10. The lowest BCUT2D eigenvalue weighted by atomic mass is 10.2. The van der Waals surface area contributed by atoms with Crippen LogP contribution in [-0.4, -0.2) is 4.98 Å². The number of aromatic nitrogens is 1. The molecule has 2 aromatic rings.